The van der Waals surface area contributed by atoms with Crippen LogP contribution in [0.25, 0.3) is 0 Å². The number of hydrogen-bond acceptors (Lipinski definition) is 5. The Bertz CT molecular complexity index is 403. The Morgan fingerprint density at radius 1 is 1.25 bits per heavy atom. The van der Waals surface area contributed by atoms with E-state index in [4.69, 9.17) is 0 Å². The summed E-state index contributed by atoms with van der Waals surface area (Å²) in [7, 11) is 0. The lowest BCUT2D eigenvalue weighted by Gasteiger charge is -2.34. The van der Waals surface area contributed by atoms with Crippen molar-refractivity contribution in [2.24, 2.45) is 0 Å². The minimum atomic E-state index is 0.156. The largest absolute Gasteiger partial charge is 0.355 e. The van der Waals surface area contributed by atoms with Gasteiger partial charge in [0.2, 0.25) is 11.9 Å². The molecule has 0 spiro atoms. The highest BCUT2D eigenvalue weighted by Crippen LogP contribution is 2.08. The average molecular weight is 277 g/mol. The molecule has 110 valence electrons. The summed E-state index contributed by atoms with van der Waals surface area (Å²) in [6.45, 7) is 7.52. The standard InChI is InChI=1S/C14H23N5O/c1-2-4-13(20)15-7-8-18-9-11-19(12-10-18)14-16-5-3-6-17-14/h3,5-6H,2,4,7-12H2,1H3,(H,15,20). The number of piperazine rings is 1. The van der Waals surface area contributed by atoms with Crippen molar-refractivity contribution < 1.29 is 4.79 Å². The molecule has 2 rings (SSSR count). The molecular weight excluding hydrogens is 254 g/mol. The lowest BCUT2D eigenvalue weighted by atomic mass is 10.3. The van der Waals surface area contributed by atoms with Crippen LogP contribution in [-0.2, 0) is 4.79 Å². The zero-order chi connectivity index (χ0) is 14.2. The predicted octanol–water partition coefficient (Wildman–Crippen LogP) is 0.515. The van der Waals surface area contributed by atoms with Crippen LogP contribution in [0.5, 0.6) is 0 Å². The molecule has 0 bridgehead atoms. The van der Waals surface area contributed by atoms with Gasteiger partial charge in [0.15, 0.2) is 0 Å². The number of nitrogens with one attached hydrogen (secondary N) is 1. The van der Waals surface area contributed by atoms with Crippen LogP contribution in [0.2, 0.25) is 0 Å². The second-order valence-corrected chi connectivity index (χ2v) is 4.98. The fourth-order valence-electron chi connectivity index (χ4n) is 2.29. The number of rotatable bonds is 6. The molecule has 0 atom stereocenters. The molecule has 6 nitrogen and oxygen atoms in total. The van der Waals surface area contributed by atoms with E-state index in [9.17, 15) is 4.79 Å². The van der Waals surface area contributed by atoms with Crippen molar-refractivity contribution in [1.82, 2.24) is 20.2 Å². The van der Waals surface area contributed by atoms with Crippen molar-refractivity contribution in [1.29, 1.82) is 0 Å². The molecular formula is C14H23N5O. The van der Waals surface area contributed by atoms with Crippen LogP contribution >= 0.6 is 0 Å². The molecule has 1 fully saturated rings. The summed E-state index contributed by atoms with van der Waals surface area (Å²) in [6, 6.07) is 1.83. The first-order valence-electron chi connectivity index (χ1n) is 7.30. The monoisotopic (exact) mass is 277 g/mol. The van der Waals surface area contributed by atoms with Gasteiger partial charge in [0.25, 0.3) is 0 Å². The second-order valence-electron chi connectivity index (χ2n) is 4.98. The van der Waals surface area contributed by atoms with Crippen LogP contribution in [0, 0.1) is 0 Å². The fourth-order valence-corrected chi connectivity index (χ4v) is 2.29. The van der Waals surface area contributed by atoms with Gasteiger partial charge in [-0.1, -0.05) is 6.92 Å². The van der Waals surface area contributed by atoms with E-state index >= 15 is 0 Å². The van der Waals surface area contributed by atoms with Gasteiger partial charge >= 0.3 is 0 Å². The Morgan fingerprint density at radius 3 is 2.60 bits per heavy atom. The maximum atomic E-state index is 11.4. The summed E-state index contributed by atoms with van der Waals surface area (Å²) < 4.78 is 0. The molecule has 1 aliphatic heterocycles. The summed E-state index contributed by atoms with van der Waals surface area (Å²) in [5, 5.41) is 2.95. The summed E-state index contributed by atoms with van der Waals surface area (Å²) in [5.74, 6) is 0.965. The van der Waals surface area contributed by atoms with E-state index in [1.807, 2.05) is 13.0 Å². The SMILES string of the molecule is CCCC(=O)NCCN1CCN(c2ncccn2)CC1. The van der Waals surface area contributed by atoms with Crippen LogP contribution in [0.4, 0.5) is 5.95 Å². The Hall–Kier alpha value is -1.69. The molecule has 1 saturated heterocycles. The van der Waals surface area contributed by atoms with Gasteiger partial charge in [-0.15, -0.1) is 0 Å². The minimum absolute atomic E-state index is 0.156. The van der Waals surface area contributed by atoms with Gasteiger partial charge in [-0.3, -0.25) is 9.69 Å². The molecule has 1 aromatic rings. The van der Waals surface area contributed by atoms with Crippen molar-refractivity contribution in [3.63, 3.8) is 0 Å². The van der Waals surface area contributed by atoms with E-state index in [0.717, 1.165) is 51.6 Å². The molecule has 2 heterocycles. The molecule has 0 radical (unpaired) electrons. The molecule has 0 unspecified atom stereocenters. The van der Waals surface area contributed by atoms with Gasteiger partial charge in [0.1, 0.15) is 0 Å². The van der Waals surface area contributed by atoms with Crippen molar-refractivity contribution in [3.8, 4) is 0 Å². The van der Waals surface area contributed by atoms with Crippen molar-refractivity contribution >= 4 is 11.9 Å². The third-order valence-corrected chi connectivity index (χ3v) is 3.43. The van der Waals surface area contributed by atoms with Gasteiger partial charge in [0, 0.05) is 58.1 Å². The van der Waals surface area contributed by atoms with Crippen molar-refractivity contribution in [2.45, 2.75) is 19.8 Å². The molecule has 1 N–H and O–H groups in total. The predicted molar refractivity (Wildman–Crippen MR) is 78.6 cm³/mol. The molecule has 0 aliphatic carbocycles. The normalized spacial score (nSPS) is 16.1. The Morgan fingerprint density at radius 2 is 1.95 bits per heavy atom. The van der Waals surface area contributed by atoms with Gasteiger partial charge in [-0.2, -0.15) is 0 Å². The minimum Gasteiger partial charge on any atom is -0.355 e. The topological polar surface area (TPSA) is 61.4 Å². The number of aromatic nitrogens is 2. The zero-order valence-corrected chi connectivity index (χ0v) is 12.1. The quantitative estimate of drug-likeness (QED) is 0.821. The molecule has 0 aromatic carbocycles. The second kappa shape index (κ2) is 7.79. The van der Waals surface area contributed by atoms with Crippen LogP contribution in [0.1, 0.15) is 19.8 Å². The number of nitrogens with zero attached hydrogens (tertiary/aromatic N) is 4. The van der Waals surface area contributed by atoms with Gasteiger partial charge in [-0.05, 0) is 12.5 Å². The first-order valence-corrected chi connectivity index (χ1v) is 7.30. The highest BCUT2D eigenvalue weighted by molar-refractivity contribution is 5.75. The third-order valence-electron chi connectivity index (χ3n) is 3.43. The van der Waals surface area contributed by atoms with Crippen LogP contribution in [0.15, 0.2) is 18.5 Å². The summed E-state index contributed by atoms with van der Waals surface area (Å²) in [4.78, 5) is 24.5. The van der Waals surface area contributed by atoms with Gasteiger partial charge < -0.3 is 10.2 Å². The van der Waals surface area contributed by atoms with E-state index in [0.29, 0.717) is 6.42 Å². The number of anilines is 1. The molecule has 1 aromatic heterocycles. The average Bonchev–Trinajstić information content (AvgIpc) is 2.49. The number of carbonyl (C=O) groups excluding carboxylic acids is 1. The molecule has 6 heteroatoms. The van der Waals surface area contributed by atoms with Crippen molar-refractivity contribution in [3.05, 3.63) is 18.5 Å². The third kappa shape index (κ3) is 4.45. The molecule has 0 saturated carbocycles. The van der Waals surface area contributed by atoms with Crippen molar-refractivity contribution in [2.75, 3.05) is 44.2 Å². The molecule has 1 aliphatic rings. The number of hydrogen-bond donors (Lipinski definition) is 1. The number of carbonyl (C=O) groups is 1. The van der Waals surface area contributed by atoms with Crippen LogP contribution in [-0.4, -0.2) is 60.0 Å². The van der Waals surface area contributed by atoms with E-state index in [1.54, 1.807) is 12.4 Å². The fraction of sp³-hybridized carbons (Fsp3) is 0.643. The summed E-state index contributed by atoms with van der Waals surface area (Å²) in [5.41, 5.74) is 0. The highest BCUT2D eigenvalue weighted by atomic mass is 16.1. The van der Waals surface area contributed by atoms with E-state index < -0.39 is 0 Å². The first kappa shape index (κ1) is 14.7. The maximum absolute atomic E-state index is 11.4. The lowest BCUT2D eigenvalue weighted by molar-refractivity contribution is -0.121. The van der Waals surface area contributed by atoms with Crippen LogP contribution in [0.3, 0.4) is 0 Å². The van der Waals surface area contributed by atoms with Gasteiger partial charge in [-0.25, -0.2) is 9.97 Å². The van der Waals surface area contributed by atoms with Crippen LogP contribution < -0.4 is 10.2 Å². The maximum Gasteiger partial charge on any atom is 0.225 e. The van der Waals surface area contributed by atoms with E-state index in [1.165, 1.54) is 0 Å². The Balaban J connectivity index is 1.66. The van der Waals surface area contributed by atoms with E-state index in [-0.39, 0.29) is 5.91 Å². The Kier molecular flexibility index (Phi) is 5.73. The molecule has 1 amide bonds. The summed E-state index contributed by atoms with van der Waals surface area (Å²) in [6.07, 6.45) is 5.08. The van der Waals surface area contributed by atoms with Gasteiger partial charge in [0.05, 0.1) is 0 Å². The smallest absolute Gasteiger partial charge is 0.225 e. The molecule has 20 heavy (non-hydrogen) atoms. The summed E-state index contributed by atoms with van der Waals surface area (Å²) >= 11 is 0. The Labute approximate surface area is 120 Å². The lowest BCUT2D eigenvalue weighted by Crippen LogP contribution is -2.48. The zero-order valence-electron chi connectivity index (χ0n) is 12.1. The first-order chi connectivity index (χ1) is 9.79. The van der Waals surface area contributed by atoms with E-state index in [2.05, 4.69) is 25.1 Å². The number of amides is 1. The highest BCUT2D eigenvalue weighted by Gasteiger charge is 2.18.